The standard InChI is InChI=1S/C27H35NO3/c1-26(2,3)19-8-11-21(12-9-19)31-23-14-7-18-15-20(27(4)16-30-25(29)28-27)10-13-22(18)24(23)17-5-6-17/h7,10,13-15,17,19,21H,5-6,8-9,11-12,16H2,1-4H3,(H,28,29)/t19-,21-,27-/m0/s1. The van der Waals surface area contributed by atoms with Gasteiger partial charge in [-0.25, -0.2) is 4.79 Å². The van der Waals surface area contributed by atoms with Crippen molar-refractivity contribution in [1.82, 2.24) is 5.32 Å². The van der Waals surface area contributed by atoms with Gasteiger partial charge in [-0.2, -0.15) is 0 Å². The number of carbonyl (C=O) groups is 1. The van der Waals surface area contributed by atoms with Gasteiger partial charge in [0, 0.05) is 5.56 Å². The van der Waals surface area contributed by atoms with E-state index in [2.05, 4.69) is 56.4 Å². The zero-order valence-electron chi connectivity index (χ0n) is 19.3. The molecular formula is C27H35NO3. The van der Waals surface area contributed by atoms with Crippen molar-refractivity contribution in [1.29, 1.82) is 0 Å². The van der Waals surface area contributed by atoms with Gasteiger partial charge in [-0.05, 0) is 91.2 Å². The predicted octanol–water partition coefficient (Wildman–Crippen LogP) is 6.66. The van der Waals surface area contributed by atoms with Crippen LogP contribution in [0.1, 0.15) is 83.3 Å². The van der Waals surface area contributed by atoms with Crippen LogP contribution in [0.3, 0.4) is 0 Å². The van der Waals surface area contributed by atoms with Gasteiger partial charge < -0.3 is 14.8 Å². The summed E-state index contributed by atoms with van der Waals surface area (Å²) < 4.78 is 11.8. The van der Waals surface area contributed by atoms with Crippen LogP contribution >= 0.6 is 0 Å². The highest BCUT2D eigenvalue weighted by Crippen LogP contribution is 2.49. The van der Waals surface area contributed by atoms with Crippen molar-refractivity contribution in [3.05, 3.63) is 41.5 Å². The first kappa shape index (κ1) is 20.7. The monoisotopic (exact) mass is 421 g/mol. The van der Waals surface area contributed by atoms with E-state index in [-0.39, 0.29) is 6.09 Å². The number of amides is 1. The third kappa shape index (κ3) is 4.02. The Labute approximate surface area is 185 Å². The second-order valence-corrected chi connectivity index (χ2v) is 11.2. The molecule has 2 aromatic carbocycles. The fourth-order valence-electron chi connectivity index (χ4n) is 5.46. The lowest BCUT2D eigenvalue weighted by molar-refractivity contribution is 0.0877. The van der Waals surface area contributed by atoms with Crippen LogP contribution in [-0.4, -0.2) is 18.8 Å². The zero-order chi connectivity index (χ0) is 21.8. The SMILES string of the molecule is CC(C)(C)[C@H]1CC[C@H](Oc2ccc3cc([C@]4(C)COC(=O)N4)ccc3c2C2CC2)CC1. The number of cyclic esters (lactones) is 1. The van der Waals surface area contributed by atoms with E-state index in [9.17, 15) is 4.79 Å². The van der Waals surface area contributed by atoms with Crippen LogP contribution in [0.15, 0.2) is 30.3 Å². The van der Waals surface area contributed by atoms with Gasteiger partial charge in [0.25, 0.3) is 0 Å². The number of nitrogens with one attached hydrogen (secondary N) is 1. The molecule has 1 aliphatic heterocycles. The van der Waals surface area contributed by atoms with Gasteiger partial charge in [0.15, 0.2) is 0 Å². The van der Waals surface area contributed by atoms with Crippen LogP contribution in [0.4, 0.5) is 4.79 Å². The molecule has 1 atom stereocenters. The average Bonchev–Trinajstić information content (AvgIpc) is 3.50. The van der Waals surface area contributed by atoms with E-state index in [0.717, 1.165) is 30.1 Å². The molecule has 1 N–H and O–H groups in total. The molecule has 31 heavy (non-hydrogen) atoms. The second-order valence-electron chi connectivity index (χ2n) is 11.2. The highest BCUT2D eigenvalue weighted by atomic mass is 16.6. The Morgan fingerprint density at radius 2 is 1.77 bits per heavy atom. The molecule has 4 nitrogen and oxygen atoms in total. The molecule has 5 rings (SSSR count). The summed E-state index contributed by atoms with van der Waals surface area (Å²) >= 11 is 0. The predicted molar refractivity (Wildman–Crippen MR) is 124 cm³/mol. The minimum absolute atomic E-state index is 0.331. The van der Waals surface area contributed by atoms with Crippen LogP contribution in [0.25, 0.3) is 10.8 Å². The van der Waals surface area contributed by atoms with E-state index in [1.165, 1.54) is 42.0 Å². The normalized spacial score (nSPS) is 29.0. The molecular weight excluding hydrogens is 386 g/mol. The summed E-state index contributed by atoms with van der Waals surface area (Å²) in [5, 5.41) is 5.46. The second kappa shape index (κ2) is 7.43. The summed E-state index contributed by atoms with van der Waals surface area (Å²) in [6, 6.07) is 10.9. The van der Waals surface area contributed by atoms with Crippen molar-refractivity contribution in [2.24, 2.45) is 11.3 Å². The van der Waals surface area contributed by atoms with Gasteiger partial charge in [0.05, 0.1) is 11.6 Å². The van der Waals surface area contributed by atoms with E-state index < -0.39 is 5.54 Å². The maximum absolute atomic E-state index is 11.6. The Bertz CT molecular complexity index is 995. The third-order valence-electron chi connectivity index (χ3n) is 7.71. The smallest absolute Gasteiger partial charge is 0.408 e. The number of benzene rings is 2. The van der Waals surface area contributed by atoms with E-state index in [4.69, 9.17) is 9.47 Å². The van der Waals surface area contributed by atoms with Crippen LogP contribution in [-0.2, 0) is 10.3 Å². The molecule has 0 spiro atoms. The maximum Gasteiger partial charge on any atom is 0.408 e. The maximum atomic E-state index is 11.6. The van der Waals surface area contributed by atoms with E-state index in [1.807, 2.05) is 6.92 Å². The number of hydrogen-bond acceptors (Lipinski definition) is 3. The molecule has 0 aromatic heterocycles. The molecule has 1 amide bonds. The summed E-state index contributed by atoms with van der Waals surface area (Å²) in [4.78, 5) is 11.6. The summed E-state index contributed by atoms with van der Waals surface area (Å²) in [5.74, 6) is 2.50. The Hall–Kier alpha value is -2.23. The fraction of sp³-hybridized carbons (Fsp3) is 0.593. The highest BCUT2D eigenvalue weighted by molar-refractivity contribution is 5.89. The van der Waals surface area contributed by atoms with Gasteiger partial charge in [0.1, 0.15) is 12.4 Å². The van der Waals surface area contributed by atoms with Gasteiger partial charge in [0.2, 0.25) is 0 Å². The molecule has 2 aromatic rings. The summed E-state index contributed by atoms with van der Waals surface area (Å²) in [7, 11) is 0. The number of hydrogen-bond donors (Lipinski definition) is 1. The number of ether oxygens (including phenoxy) is 2. The molecule has 4 heteroatoms. The minimum atomic E-state index is -0.466. The van der Waals surface area contributed by atoms with E-state index in [0.29, 0.717) is 24.0 Å². The van der Waals surface area contributed by atoms with Gasteiger partial charge in [-0.15, -0.1) is 0 Å². The van der Waals surface area contributed by atoms with E-state index >= 15 is 0 Å². The number of carbonyl (C=O) groups excluding carboxylic acids is 1. The molecule has 0 bridgehead atoms. The van der Waals surface area contributed by atoms with Crippen LogP contribution in [0.5, 0.6) is 5.75 Å². The Kier molecular flexibility index (Phi) is 4.95. The van der Waals surface area contributed by atoms with E-state index in [1.54, 1.807) is 0 Å². The van der Waals surface area contributed by atoms with Gasteiger partial charge >= 0.3 is 6.09 Å². The molecule has 0 radical (unpaired) electrons. The lowest BCUT2D eigenvalue weighted by Gasteiger charge is -2.37. The molecule has 3 aliphatic rings. The molecule has 2 aliphatic carbocycles. The topological polar surface area (TPSA) is 47.6 Å². The summed E-state index contributed by atoms with van der Waals surface area (Å²) in [6.45, 7) is 9.49. The number of rotatable bonds is 4. The molecule has 0 unspecified atom stereocenters. The lowest BCUT2D eigenvalue weighted by atomic mass is 9.72. The summed E-state index contributed by atoms with van der Waals surface area (Å²) in [6.07, 6.45) is 7.31. The molecule has 1 saturated heterocycles. The first-order chi connectivity index (χ1) is 14.7. The van der Waals surface area contributed by atoms with Crippen LogP contribution in [0, 0.1) is 11.3 Å². The minimum Gasteiger partial charge on any atom is -0.490 e. The molecule has 166 valence electrons. The van der Waals surface area contributed by atoms with Gasteiger partial charge in [-0.1, -0.05) is 39.0 Å². The van der Waals surface area contributed by atoms with Crippen molar-refractivity contribution in [2.45, 2.75) is 83.8 Å². The average molecular weight is 422 g/mol. The first-order valence-electron chi connectivity index (χ1n) is 11.9. The first-order valence-corrected chi connectivity index (χ1v) is 11.9. The van der Waals surface area contributed by atoms with Gasteiger partial charge in [-0.3, -0.25) is 0 Å². The van der Waals surface area contributed by atoms with Crippen LogP contribution < -0.4 is 10.1 Å². The third-order valence-corrected chi connectivity index (χ3v) is 7.71. The molecule has 1 heterocycles. The van der Waals surface area contributed by atoms with Crippen molar-refractivity contribution in [3.8, 4) is 5.75 Å². The summed E-state index contributed by atoms with van der Waals surface area (Å²) in [5.41, 5.74) is 2.40. The fourth-order valence-corrected chi connectivity index (χ4v) is 5.46. The Morgan fingerprint density at radius 3 is 2.39 bits per heavy atom. The Morgan fingerprint density at radius 1 is 1.03 bits per heavy atom. The zero-order valence-corrected chi connectivity index (χ0v) is 19.3. The highest BCUT2D eigenvalue weighted by Gasteiger charge is 2.37. The quantitative estimate of drug-likeness (QED) is 0.601. The number of fused-ring (bicyclic) bond motifs is 1. The largest absolute Gasteiger partial charge is 0.490 e. The Balaban J connectivity index is 1.40. The molecule has 3 fully saturated rings. The van der Waals surface area contributed by atoms with Crippen LogP contribution in [0.2, 0.25) is 0 Å². The van der Waals surface area contributed by atoms with Crippen molar-refractivity contribution in [2.75, 3.05) is 6.61 Å². The van der Waals surface area contributed by atoms with Crippen molar-refractivity contribution >= 4 is 16.9 Å². The number of alkyl carbamates (subject to hydrolysis) is 1. The lowest BCUT2D eigenvalue weighted by Crippen LogP contribution is -2.37. The van der Waals surface area contributed by atoms with Crippen molar-refractivity contribution < 1.29 is 14.3 Å². The van der Waals surface area contributed by atoms with Crippen molar-refractivity contribution in [3.63, 3.8) is 0 Å². The molecule has 2 saturated carbocycles.